The van der Waals surface area contributed by atoms with Crippen LogP contribution in [0, 0.1) is 5.82 Å². The van der Waals surface area contributed by atoms with E-state index in [0.29, 0.717) is 24.2 Å². The van der Waals surface area contributed by atoms with Crippen LogP contribution in [0.4, 0.5) is 4.39 Å². The molecule has 0 atom stereocenters. The molecule has 194 valence electrons. The molecule has 3 aliphatic rings. The highest BCUT2D eigenvalue weighted by Crippen LogP contribution is 2.25. The number of hydrazine groups is 1. The van der Waals surface area contributed by atoms with Crippen molar-refractivity contribution in [2.75, 3.05) is 13.2 Å². The summed E-state index contributed by atoms with van der Waals surface area (Å²) >= 11 is 5.62. The molecule has 0 unspecified atom stereocenters. The number of halogens is 2. The predicted molar refractivity (Wildman–Crippen MR) is 141 cm³/mol. The third-order valence-corrected chi connectivity index (χ3v) is 6.39. The van der Waals surface area contributed by atoms with Crippen molar-refractivity contribution in [1.82, 2.24) is 21.1 Å². The van der Waals surface area contributed by atoms with E-state index in [2.05, 4.69) is 39.8 Å². The van der Waals surface area contributed by atoms with Crippen molar-refractivity contribution in [3.8, 4) is 5.75 Å². The van der Waals surface area contributed by atoms with Crippen molar-refractivity contribution in [2.45, 2.75) is 38.6 Å². The molecule has 2 aromatic carbocycles. The number of amides is 2. The van der Waals surface area contributed by atoms with E-state index in [-0.39, 0.29) is 35.7 Å². The maximum atomic E-state index is 13.4. The molecular formula is C28H30ClFN4O3. The first-order valence-corrected chi connectivity index (χ1v) is 12.6. The molecule has 2 aromatic rings. The summed E-state index contributed by atoms with van der Waals surface area (Å²) < 4.78 is 18.7. The Morgan fingerprint density at radius 3 is 2.68 bits per heavy atom. The molecule has 2 aliphatic heterocycles. The number of allylic oxidation sites excluding steroid dienone is 4. The average molecular weight is 525 g/mol. The van der Waals surface area contributed by atoms with Crippen LogP contribution >= 0.6 is 11.6 Å². The predicted octanol–water partition coefficient (Wildman–Crippen LogP) is 4.97. The first kappa shape index (κ1) is 26.3. The Morgan fingerprint density at radius 1 is 1.11 bits per heavy atom. The summed E-state index contributed by atoms with van der Waals surface area (Å²) in [7, 11) is 0. The first-order valence-electron chi connectivity index (χ1n) is 12.2. The lowest BCUT2D eigenvalue weighted by Crippen LogP contribution is -2.39. The summed E-state index contributed by atoms with van der Waals surface area (Å²) in [5.74, 6) is -1.04. The molecule has 3 N–H and O–H groups in total. The number of ether oxygens (including phenoxy) is 1. The number of fused-ring (bicyclic) bond motifs is 5. The molecule has 1 fully saturated rings. The Bertz CT molecular complexity index is 1230. The number of hydrogen-bond donors (Lipinski definition) is 3. The van der Waals surface area contributed by atoms with Crippen LogP contribution in [0.2, 0.25) is 5.02 Å². The maximum Gasteiger partial charge on any atom is 0.257 e. The average Bonchev–Trinajstić information content (AvgIpc) is 2.86. The lowest BCUT2D eigenvalue weighted by molar-refractivity contribution is -0.123. The van der Waals surface area contributed by atoms with E-state index in [0.717, 1.165) is 24.5 Å². The normalized spacial score (nSPS) is 14.5. The van der Waals surface area contributed by atoms with E-state index < -0.39 is 5.82 Å². The van der Waals surface area contributed by atoms with E-state index in [1.807, 2.05) is 12.1 Å². The van der Waals surface area contributed by atoms with Crippen LogP contribution in [0.1, 0.15) is 48.0 Å². The van der Waals surface area contributed by atoms with Gasteiger partial charge in [0.05, 0.1) is 11.6 Å². The Balaban J connectivity index is 1.17. The fourth-order valence-corrected chi connectivity index (χ4v) is 4.17. The summed E-state index contributed by atoms with van der Waals surface area (Å²) in [5, 5.41) is 7.60. The topological polar surface area (TPSA) is 82.7 Å². The summed E-state index contributed by atoms with van der Waals surface area (Å²) in [4.78, 5) is 24.6. The van der Waals surface area contributed by atoms with Crippen LogP contribution in [-0.4, -0.2) is 30.0 Å². The fraction of sp³-hybridized carbons (Fsp3) is 0.286. The molecule has 1 aliphatic carbocycles. The Labute approximate surface area is 221 Å². The van der Waals surface area contributed by atoms with Gasteiger partial charge in [-0.15, -0.1) is 0 Å². The summed E-state index contributed by atoms with van der Waals surface area (Å²) in [6.07, 6.45) is 9.21. The molecule has 0 radical (unpaired) electrons. The lowest BCUT2D eigenvalue weighted by atomic mass is 10.0. The summed E-state index contributed by atoms with van der Waals surface area (Å²) in [6, 6.07) is 11.5. The largest absolute Gasteiger partial charge is 0.484 e. The van der Waals surface area contributed by atoms with Gasteiger partial charge < -0.3 is 20.8 Å². The molecule has 2 amide bonds. The highest BCUT2D eigenvalue weighted by molar-refractivity contribution is 6.30. The molecule has 0 spiro atoms. The van der Waals surface area contributed by atoms with Gasteiger partial charge in [-0.3, -0.25) is 14.6 Å². The van der Waals surface area contributed by atoms with Crippen LogP contribution in [0.25, 0.3) is 0 Å². The van der Waals surface area contributed by atoms with Gasteiger partial charge >= 0.3 is 0 Å². The monoisotopic (exact) mass is 524 g/mol. The first-order chi connectivity index (χ1) is 17.9. The number of rotatable bonds is 10. The molecule has 2 bridgehead atoms. The Kier molecular flexibility index (Phi) is 8.85. The molecule has 37 heavy (non-hydrogen) atoms. The zero-order valence-electron chi connectivity index (χ0n) is 20.5. The second-order valence-corrected chi connectivity index (χ2v) is 9.38. The van der Waals surface area contributed by atoms with Crippen LogP contribution in [0.3, 0.4) is 0 Å². The molecular weight excluding hydrogens is 495 g/mol. The van der Waals surface area contributed by atoms with Crippen LogP contribution < -0.4 is 20.8 Å². The van der Waals surface area contributed by atoms with Crippen molar-refractivity contribution in [3.05, 3.63) is 100 Å². The number of hydrogen-bond acceptors (Lipinski definition) is 5. The number of benzene rings is 2. The fourth-order valence-electron chi connectivity index (χ4n) is 4.05. The van der Waals surface area contributed by atoms with E-state index in [1.54, 1.807) is 12.1 Å². The molecule has 1 saturated heterocycles. The minimum absolute atomic E-state index is 0.0173. The second kappa shape index (κ2) is 12.5. The van der Waals surface area contributed by atoms with Crippen LogP contribution in [0.5, 0.6) is 5.75 Å². The molecule has 7 nitrogen and oxygen atoms in total. The van der Waals surface area contributed by atoms with Gasteiger partial charge in [-0.05, 0) is 67.7 Å². The Hall–Kier alpha value is -3.78. The molecule has 5 rings (SSSR count). The number of carbonyl (C=O) groups excluding carboxylic acids is 2. The molecule has 0 saturated carbocycles. The van der Waals surface area contributed by atoms with Gasteiger partial charge in [0.1, 0.15) is 11.6 Å². The lowest BCUT2D eigenvalue weighted by Gasteiger charge is -2.34. The number of nitrogens with one attached hydrogen (secondary N) is 3. The van der Waals surface area contributed by atoms with Crippen molar-refractivity contribution in [2.24, 2.45) is 0 Å². The van der Waals surface area contributed by atoms with Gasteiger partial charge in [0.15, 0.2) is 6.61 Å². The van der Waals surface area contributed by atoms with Crippen molar-refractivity contribution in [1.29, 1.82) is 0 Å². The summed E-state index contributed by atoms with van der Waals surface area (Å²) in [6.45, 7) is 4.58. The quantitative estimate of drug-likeness (QED) is 0.409. The second-order valence-electron chi connectivity index (χ2n) is 8.97. The minimum atomic E-state index is -0.617. The van der Waals surface area contributed by atoms with E-state index in [1.165, 1.54) is 36.4 Å². The molecule has 0 aromatic heterocycles. The summed E-state index contributed by atoms with van der Waals surface area (Å²) in [5.41, 5.74) is 8.12. The maximum absolute atomic E-state index is 13.4. The van der Waals surface area contributed by atoms with Gasteiger partial charge in [0.25, 0.3) is 11.8 Å². The molecule has 9 heteroatoms. The van der Waals surface area contributed by atoms with Gasteiger partial charge in [-0.2, -0.15) is 0 Å². The zero-order valence-corrected chi connectivity index (χ0v) is 21.2. The van der Waals surface area contributed by atoms with Crippen molar-refractivity contribution in [3.63, 3.8) is 0 Å². The highest BCUT2D eigenvalue weighted by atomic mass is 35.5. The van der Waals surface area contributed by atoms with Gasteiger partial charge in [0, 0.05) is 41.7 Å². The number of nitrogens with zero attached hydrogens (tertiary/aromatic N) is 1. The van der Waals surface area contributed by atoms with Crippen molar-refractivity contribution < 1.29 is 18.7 Å². The standard InChI is InChI=1S/C28H30ClFN4O3/c1-19(14-15-31-27(35)18-37-24-12-13-25(29)26(30)16-24)32-28(36)21-8-6-20(7-9-21)17-34-23-5-3-2-4-22(33-34)10-11-23/h6-13,16,33H,1-5,14-15,17-18H2,(H,31,35)(H,32,36). The Morgan fingerprint density at radius 2 is 1.89 bits per heavy atom. The minimum Gasteiger partial charge on any atom is -0.484 e. The SMILES string of the molecule is C=C(CCNC(=O)COc1ccc(Cl)c(F)c1)NC(=O)c1ccc(CN2NC3=CC=C2CCCC3)cc1. The van der Waals surface area contributed by atoms with Crippen LogP contribution in [-0.2, 0) is 11.3 Å². The van der Waals surface area contributed by atoms with E-state index in [9.17, 15) is 14.0 Å². The van der Waals surface area contributed by atoms with Crippen LogP contribution in [0.15, 0.2) is 78.3 Å². The highest BCUT2D eigenvalue weighted by Gasteiger charge is 2.18. The van der Waals surface area contributed by atoms with Gasteiger partial charge in [0.2, 0.25) is 0 Å². The van der Waals surface area contributed by atoms with E-state index in [4.69, 9.17) is 16.3 Å². The van der Waals surface area contributed by atoms with Gasteiger partial charge in [-0.1, -0.05) is 30.3 Å². The van der Waals surface area contributed by atoms with Gasteiger partial charge in [-0.25, -0.2) is 4.39 Å². The third-order valence-electron chi connectivity index (χ3n) is 6.09. The number of carbonyl (C=O) groups is 2. The third kappa shape index (κ3) is 7.60. The van der Waals surface area contributed by atoms with Crippen molar-refractivity contribution >= 4 is 23.4 Å². The molecule has 2 heterocycles. The van der Waals surface area contributed by atoms with E-state index >= 15 is 0 Å². The zero-order chi connectivity index (χ0) is 26.2. The smallest absolute Gasteiger partial charge is 0.257 e.